The molecule has 2 aromatic carbocycles. The van der Waals surface area contributed by atoms with Crippen molar-refractivity contribution in [3.05, 3.63) is 88.0 Å². The molecule has 0 fully saturated rings. The van der Waals surface area contributed by atoms with Crippen LogP contribution in [0.25, 0.3) is 16.9 Å². The van der Waals surface area contributed by atoms with E-state index in [9.17, 15) is 5.53 Å². The van der Waals surface area contributed by atoms with Gasteiger partial charge in [-0.15, -0.1) is 0 Å². The molecule has 2 aromatic rings. The fraction of sp³-hybridized carbons (Fsp3) is 0.610. The van der Waals surface area contributed by atoms with E-state index in [2.05, 4.69) is 89.2 Å². The van der Waals surface area contributed by atoms with E-state index in [1.165, 1.54) is 121 Å². The van der Waals surface area contributed by atoms with Crippen LogP contribution < -0.4 is 0 Å². The Morgan fingerprint density at radius 3 is 1.68 bits per heavy atom. The minimum atomic E-state index is 0.908. The Kier molecular flexibility index (Phi) is 21.3. The molecular formula is C41H64N2Pd. The average Bonchev–Trinajstić information content (AvgIpc) is 3.38. The molecule has 44 heavy (non-hydrogen) atoms. The van der Waals surface area contributed by atoms with Crippen LogP contribution in [0.1, 0.15) is 160 Å². The number of rotatable bonds is 22. The molecule has 0 bridgehead atoms. The molecule has 0 unspecified atom stereocenters. The van der Waals surface area contributed by atoms with Gasteiger partial charge in [0.1, 0.15) is 0 Å². The summed E-state index contributed by atoms with van der Waals surface area (Å²) < 4.78 is 1.46. The first kappa shape index (κ1) is 38.4. The summed E-state index contributed by atoms with van der Waals surface area (Å²) in [6.45, 7) is 11.3. The fourth-order valence-electron chi connectivity index (χ4n) is 5.53. The van der Waals surface area contributed by atoms with Crippen molar-refractivity contribution in [2.45, 2.75) is 160 Å². The molecular weight excluding hydrogens is 627 g/mol. The third-order valence-corrected chi connectivity index (χ3v) is 10.5. The van der Waals surface area contributed by atoms with Crippen molar-refractivity contribution >= 4 is 11.4 Å². The van der Waals surface area contributed by atoms with E-state index in [0.717, 1.165) is 66.2 Å². The molecule has 0 aromatic heterocycles. The molecule has 1 aliphatic heterocycles. The van der Waals surface area contributed by atoms with E-state index in [0.29, 0.717) is 0 Å². The molecule has 0 atom stereocenters. The molecule has 0 N–H and O–H groups in total. The quantitative estimate of drug-likeness (QED) is 0.0667. The first-order valence-electron chi connectivity index (χ1n) is 18.2. The summed E-state index contributed by atoms with van der Waals surface area (Å²) in [4.78, 5) is 3.01. The first-order valence-corrected chi connectivity index (χ1v) is 20.4. The van der Waals surface area contributed by atoms with Gasteiger partial charge in [0.25, 0.3) is 0 Å². The van der Waals surface area contributed by atoms with Gasteiger partial charge in [-0.2, -0.15) is 0 Å². The second-order valence-corrected chi connectivity index (χ2v) is 14.7. The van der Waals surface area contributed by atoms with Crippen molar-refractivity contribution in [3.63, 3.8) is 0 Å². The Labute approximate surface area is 280 Å². The Bertz CT molecular complexity index is 1120. The van der Waals surface area contributed by atoms with E-state index < -0.39 is 0 Å². The van der Waals surface area contributed by atoms with Crippen LogP contribution in [0.4, 0.5) is 0 Å². The van der Waals surface area contributed by atoms with Crippen molar-refractivity contribution in [2.75, 3.05) is 0 Å². The Hall–Kier alpha value is -1.82. The summed E-state index contributed by atoms with van der Waals surface area (Å²) in [5.74, 6) is 0. The number of benzene rings is 2. The van der Waals surface area contributed by atoms with E-state index in [1.54, 1.807) is 0 Å². The number of hydrogen-bond donors (Lipinski definition) is 0. The minimum absolute atomic E-state index is 0.908. The normalized spacial score (nSPS) is 12.9. The third-order valence-electron chi connectivity index (χ3n) is 8.32. The summed E-state index contributed by atoms with van der Waals surface area (Å²) in [7, 11) is 0. The Morgan fingerprint density at radius 2 is 1.05 bits per heavy atom. The van der Waals surface area contributed by atoms with Gasteiger partial charge < -0.3 is 5.53 Å². The predicted octanol–water partition coefficient (Wildman–Crippen LogP) is 13.8. The van der Waals surface area contributed by atoms with Crippen LogP contribution >= 0.6 is 0 Å². The molecule has 0 amide bonds. The van der Waals surface area contributed by atoms with Crippen LogP contribution in [0.15, 0.2) is 60.2 Å². The van der Waals surface area contributed by atoms with Crippen LogP contribution in [-0.4, -0.2) is 4.70 Å². The zero-order chi connectivity index (χ0) is 31.8. The van der Waals surface area contributed by atoms with Crippen LogP contribution in [0, 0.1) is 0 Å². The maximum absolute atomic E-state index is 11.4. The molecule has 0 aliphatic carbocycles. The van der Waals surface area contributed by atoms with E-state index in [-0.39, 0.29) is 0 Å². The summed E-state index contributed by atoms with van der Waals surface area (Å²) >= 11 is 1.07. The topological polar surface area (TPSA) is 25.3 Å². The summed E-state index contributed by atoms with van der Waals surface area (Å²) in [5.41, 5.74) is 19.5. The van der Waals surface area contributed by atoms with Gasteiger partial charge in [0.2, 0.25) is 11.4 Å². The van der Waals surface area contributed by atoms with Crippen molar-refractivity contribution in [2.24, 2.45) is 0 Å². The van der Waals surface area contributed by atoms with Crippen LogP contribution in [0.5, 0.6) is 0 Å². The molecule has 248 valence electrons. The Balaban J connectivity index is 0.000000651. The average molecular weight is 691 g/mol. The summed E-state index contributed by atoms with van der Waals surface area (Å²) in [5, 5.41) is 0. The molecule has 3 rings (SSSR count). The van der Waals surface area contributed by atoms with Gasteiger partial charge in [-0.3, -0.25) is 0 Å². The van der Waals surface area contributed by atoms with Crippen molar-refractivity contribution in [1.82, 2.24) is 0 Å². The van der Waals surface area contributed by atoms with Crippen LogP contribution in [0.2, 0.25) is 9.79 Å². The molecule has 0 radical (unpaired) electrons. The van der Waals surface area contributed by atoms with E-state index in [4.69, 9.17) is 0 Å². The van der Waals surface area contributed by atoms with Crippen molar-refractivity contribution in [1.29, 1.82) is 0 Å². The van der Waals surface area contributed by atoms with Crippen molar-refractivity contribution < 1.29 is 22.7 Å². The van der Waals surface area contributed by atoms with Crippen LogP contribution in [-0.2, 0) is 30.8 Å². The fourth-order valence-corrected chi connectivity index (χ4v) is 7.80. The molecule has 2 nitrogen and oxygen atoms in total. The third kappa shape index (κ3) is 14.5. The SMILES string of the molecule is CCCCCCCCc1cccc(C2=C(CCCCC)C=C(c3cccc(CCCC)c3)[N+]2=[N-])c1.CCC[CH2][Pd][CH2]CCC. The van der Waals surface area contributed by atoms with E-state index in [1.807, 2.05) is 0 Å². The number of unbranched alkanes of at least 4 members (excludes halogenated alkanes) is 10. The molecule has 0 saturated heterocycles. The van der Waals surface area contributed by atoms with Gasteiger partial charge in [-0.05, 0) is 73.9 Å². The predicted molar refractivity (Wildman–Crippen MR) is 191 cm³/mol. The molecule has 1 heterocycles. The molecule has 1 aliphatic rings. The van der Waals surface area contributed by atoms with Gasteiger partial charge >= 0.3 is 67.3 Å². The molecule has 0 saturated carbocycles. The number of aryl methyl sites for hydroxylation is 2. The molecule has 3 heteroatoms. The van der Waals surface area contributed by atoms with E-state index >= 15 is 0 Å². The second kappa shape index (κ2) is 24.4. The summed E-state index contributed by atoms with van der Waals surface area (Å²) in [6.07, 6.45) is 25.0. The second-order valence-electron chi connectivity index (χ2n) is 12.4. The van der Waals surface area contributed by atoms with Gasteiger partial charge in [0, 0.05) is 22.8 Å². The van der Waals surface area contributed by atoms with Gasteiger partial charge in [-0.1, -0.05) is 96.4 Å². The van der Waals surface area contributed by atoms with Crippen molar-refractivity contribution in [3.8, 4) is 0 Å². The first-order chi connectivity index (χ1) is 21.6. The maximum atomic E-state index is 11.4. The molecule has 0 spiro atoms. The van der Waals surface area contributed by atoms with Crippen LogP contribution in [0.3, 0.4) is 0 Å². The zero-order valence-corrected chi connectivity index (χ0v) is 30.6. The number of allylic oxidation sites excluding steroid dienone is 2. The Morgan fingerprint density at radius 1 is 0.545 bits per heavy atom. The van der Waals surface area contributed by atoms with Gasteiger partial charge in [0.15, 0.2) is 0 Å². The van der Waals surface area contributed by atoms with Gasteiger partial charge in [-0.25, -0.2) is 4.70 Å². The standard InChI is InChI=1S/C33H46N2.2C4H9.Pd/c1-4-7-10-11-12-14-18-28-20-16-23-30(25-28)33-31(21-13-8-5-2)26-32(35(33)34)29-22-15-19-27(24-29)17-9-6-3;2*1-3-4-2;/h15-16,19-20,22-26H,4-14,17-18,21H2,1-3H3;2*1,3-4H2,2H3;. The van der Waals surface area contributed by atoms with Gasteiger partial charge in [0.05, 0.1) is 0 Å². The number of hydrogen-bond acceptors (Lipinski definition) is 0. The summed E-state index contributed by atoms with van der Waals surface area (Å²) in [6, 6.07) is 17.6. The zero-order valence-electron chi connectivity index (χ0n) is 29.0. The number of nitrogens with zero attached hydrogens (tertiary/aromatic N) is 2. The monoisotopic (exact) mass is 690 g/mol.